The van der Waals surface area contributed by atoms with Crippen molar-refractivity contribution in [1.82, 2.24) is 10.2 Å². The first-order chi connectivity index (χ1) is 12.5. The molecule has 26 heavy (non-hydrogen) atoms. The molecule has 4 rings (SSSR count). The van der Waals surface area contributed by atoms with Crippen molar-refractivity contribution in [2.24, 2.45) is 0 Å². The Morgan fingerprint density at radius 2 is 1.96 bits per heavy atom. The Labute approximate surface area is 152 Å². The summed E-state index contributed by atoms with van der Waals surface area (Å²) in [6.07, 6.45) is 2.45. The van der Waals surface area contributed by atoms with Crippen LogP contribution in [-0.4, -0.2) is 42.9 Å². The summed E-state index contributed by atoms with van der Waals surface area (Å²) in [7, 11) is 0. The first-order valence-corrected chi connectivity index (χ1v) is 9.44. The molecule has 0 radical (unpaired) electrons. The van der Waals surface area contributed by atoms with Crippen LogP contribution in [0.1, 0.15) is 47.5 Å². The Morgan fingerprint density at radius 3 is 2.73 bits per heavy atom. The summed E-state index contributed by atoms with van der Waals surface area (Å²) in [5, 5.41) is 5.56. The molecule has 1 amide bonds. The van der Waals surface area contributed by atoms with E-state index >= 15 is 0 Å². The van der Waals surface area contributed by atoms with E-state index in [9.17, 15) is 13.6 Å². The van der Waals surface area contributed by atoms with Crippen LogP contribution in [0.15, 0.2) is 36.4 Å². The highest BCUT2D eigenvalue weighted by molar-refractivity contribution is 5.99. The molecule has 3 nitrogen and oxygen atoms in total. The summed E-state index contributed by atoms with van der Waals surface area (Å²) in [5.74, 6) is -2.53. The molecule has 138 valence electrons. The maximum atomic E-state index is 13.6. The number of carbonyl (C=O) groups excluding carboxylic acids is 1. The third-order valence-corrected chi connectivity index (χ3v) is 5.62. The van der Waals surface area contributed by atoms with Gasteiger partial charge in [0.1, 0.15) is 0 Å². The number of amides is 1. The van der Waals surface area contributed by atoms with E-state index in [0.29, 0.717) is 24.4 Å². The molecule has 2 aromatic carbocycles. The quantitative estimate of drug-likeness (QED) is 0.874. The van der Waals surface area contributed by atoms with E-state index in [1.54, 1.807) is 6.07 Å². The third kappa shape index (κ3) is 3.45. The molecule has 1 N–H and O–H groups in total. The lowest BCUT2D eigenvalue weighted by atomic mass is 9.86. The molecule has 2 heterocycles. The average Bonchev–Trinajstić information content (AvgIpc) is 2.66. The van der Waals surface area contributed by atoms with E-state index in [1.165, 1.54) is 15.8 Å². The van der Waals surface area contributed by atoms with E-state index in [1.807, 2.05) is 24.3 Å². The van der Waals surface area contributed by atoms with Crippen LogP contribution in [0.3, 0.4) is 0 Å². The maximum Gasteiger partial charge on any atom is 0.265 e. The van der Waals surface area contributed by atoms with Gasteiger partial charge < -0.3 is 10.2 Å². The van der Waals surface area contributed by atoms with Crippen LogP contribution in [0.5, 0.6) is 0 Å². The molecular formula is C21H24F2N2O. The minimum absolute atomic E-state index is 0.131. The Hall–Kier alpha value is -2.01. The minimum atomic E-state index is -2.77. The maximum absolute atomic E-state index is 13.6. The first-order valence-electron chi connectivity index (χ1n) is 9.44. The van der Waals surface area contributed by atoms with Gasteiger partial charge in [-0.1, -0.05) is 24.3 Å². The summed E-state index contributed by atoms with van der Waals surface area (Å²) < 4.78 is 27.3. The van der Waals surface area contributed by atoms with Crippen LogP contribution in [-0.2, 0) is 0 Å². The molecule has 0 atom stereocenters. The van der Waals surface area contributed by atoms with Gasteiger partial charge in [-0.3, -0.25) is 4.79 Å². The Bertz CT molecular complexity index is 815. The van der Waals surface area contributed by atoms with Crippen LogP contribution < -0.4 is 5.32 Å². The zero-order valence-electron chi connectivity index (χ0n) is 14.8. The van der Waals surface area contributed by atoms with Crippen LogP contribution in [0.2, 0.25) is 0 Å². The SMILES string of the molecule is O=C(c1ccc2c(C3CCNCC3)cccc2c1)N1CCCC(F)(F)C1. The second-order valence-corrected chi connectivity index (χ2v) is 7.49. The highest BCUT2D eigenvalue weighted by atomic mass is 19.3. The number of likely N-dealkylation sites (tertiary alicyclic amines) is 1. The molecule has 5 heteroatoms. The van der Waals surface area contributed by atoms with Gasteiger partial charge in [0, 0.05) is 18.5 Å². The predicted molar refractivity (Wildman–Crippen MR) is 98.9 cm³/mol. The summed E-state index contributed by atoms with van der Waals surface area (Å²) in [4.78, 5) is 14.0. The molecule has 2 aromatic rings. The number of fused-ring (bicyclic) bond motifs is 1. The van der Waals surface area contributed by atoms with Crippen LogP contribution in [0, 0.1) is 0 Å². The molecular weight excluding hydrogens is 334 g/mol. The molecule has 2 aliphatic heterocycles. The van der Waals surface area contributed by atoms with Crippen molar-refractivity contribution in [2.75, 3.05) is 26.2 Å². The number of halogens is 2. The highest BCUT2D eigenvalue weighted by Gasteiger charge is 2.37. The number of nitrogens with zero attached hydrogens (tertiary/aromatic N) is 1. The van der Waals surface area contributed by atoms with Gasteiger partial charge in [-0.15, -0.1) is 0 Å². The minimum Gasteiger partial charge on any atom is -0.333 e. The van der Waals surface area contributed by atoms with E-state index in [4.69, 9.17) is 0 Å². The van der Waals surface area contributed by atoms with Crippen LogP contribution in [0.25, 0.3) is 10.8 Å². The predicted octanol–water partition coefficient (Wildman–Crippen LogP) is 4.18. The molecule has 2 aliphatic rings. The molecule has 0 unspecified atom stereocenters. The number of hydrogen-bond acceptors (Lipinski definition) is 2. The zero-order valence-corrected chi connectivity index (χ0v) is 14.8. The van der Waals surface area contributed by atoms with Crippen molar-refractivity contribution in [3.8, 4) is 0 Å². The summed E-state index contributed by atoms with van der Waals surface area (Å²) in [6.45, 7) is 1.99. The first kappa shape index (κ1) is 17.4. The zero-order chi connectivity index (χ0) is 18.1. The lowest BCUT2D eigenvalue weighted by molar-refractivity contribution is -0.0560. The molecule has 2 fully saturated rings. The van der Waals surface area contributed by atoms with Crippen molar-refractivity contribution in [3.05, 3.63) is 47.5 Å². The van der Waals surface area contributed by atoms with E-state index < -0.39 is 12.5 Å². The summed E-state index contributed by atoms with van der Waals surface area (Å²) in [5.41, 5.74) is 1.82. The van der Waals surface area contributed by atoms with Crippen LogP contribution in [0.4, 0.5) is 8.78 Å². The van der Waals surface area contributed by atoms with Crippen molar-refractivity contribution >= 4 is 16.7 Å². The van der Waals surface area contributed by atoms with Crippen LogP contribution >= 0.6 is 0 Å². The van der Waals surface area contributed by atoms with Crippen molar-refractivity contribution in [2.45, 2.75) is 37.5 Å². The van der Waals surface area contributed by atoms with Gasteiger partial charge in [0.25, 0.3) is 11.8 Å². The normalized spacial score (nSPS) is 21.1. The Kier molecular flexibility index (Phi) is 4.65. The van der Waals surface area contributed by atoms with Crippen molar-refractivity contribution < 1.29 is 13.6 Å². The topological polar surface area (TPSA) is 32.3 Å². The highest BCUT2D eigenvalue weighted by Crippen LogP contribution is 2.32. The number of benzene rings is 2. The van der Waals surface area contributed by atoms with Gasteiger partial charge >= 0.3 is 0 Å². The molecule has 0 bridgehead atoms. The van der Waals surface area contributed by atoms with E-state index in [-0.39, 0.29) is 12.3 Å². The lowest BCUT2D eigenvalue weighted by Gasteiger charge is -2.32. The van der Waals surface area contributed by atoms with Crippen molar-refractivity contribution in [3.63, 3.8) is 0 Å². The molecule has 2 saturated heterocycles. The van der Waals surface area contributed by atoms with Gasteiger partial charge in [0.2, 0.25) is 0 Å². The fraction of sp³-hybridized carbons (Fsp3) is 0.476. The largest absolute Gasteiger partial charge is 0.333 e. The van der Waals surface area contributed by atoms with Crippen molar-refractivity contribution in [1.29, 1.82) is 0 Å². The van der Waals surface area contributed by atoms with E-state index in [0.717, 1.165) is 31.3 Å². The number of rotatable bonds is 2. The average molecular weight is 358 g/mol. The molecule has 0 aromatic heterocycles. The Morgan fingerprint density at radius 1 is 1.15 bits per heavy atom. The Balaban J connectivity index is 1.62. The van der Waals surface area contributed by atoms with Gasteiger partial charge in [-0.25, -0.2) is 8.78 Å². The standard InChI is InChI=1S/C21H24F2N2O/c22-21(23)9-2-12-25(14-21)20(26)17-5-6-19-16(13-17)3-1-4-18(19)15-7-10-24-11-8-15/h1,3-6,13,15,24H,2,7-12,14H2. The number of piperidine rings is 2. The molecule has 0 saturated carbocycles. The second kappa shape index (κ2) is 6.95. The summed E-state index contributed by atoms with van der Waals surface area (Å²) >= 11 is 0. The smallest absolute Gasteiger partial charge is 0.265 e. The lowest BCUT2D eigenvalue weighted by Crippen LogP contribution is -2.45. The molecule has 0 spiro atoms. The van der Waals surface area contributed by atoms with Gasteiger partial charge in [0.15, 0.2) is 0 Å². The van der Waals surface area contributed by atoms with Gasteiger partial charge in [-0.05, 0) is 66.7 Å². The summed E-state index contributed by atoms with van der Waals surface area (Å²) in [6, 6.07) is 11.8. The fourth-order valence-corrected chi connectivity index (χ4v) is 4.25. The number of hydrogen-bond donors (Lipinski definition) is 1. The number of carbonyl (C=O) groups is 1. The van der Waals surface area contributed by atoms with Gasteiger partial charge in [0.05, 0.1) is 6.54 Å². The monoisotopic (exact) mass is 358 g/mol. The number of nitrogens with one attached hydrogen (secondary N) is 1. The third-order valence-electron chi connectivity index (χ3n) is 5.62. The van der Waals surface area contributed by atoms with Gasteiger partial charge in [-0.2, -0.15) is 0 Å². The fourth-order valence-electron chi connectivity index (χ4n) is 4.25. The number of alkyl halides is 2. The van der Waals surface area contributed by atoms with E-state index in [2.05, 4.69) is 11.4 Å². The second-order valence-electron chi connectivity index (χ2n) is 7.49. The molecule has 0 aliphatic carbocycles.